The Morgan fingerprint density at radius 1 is 1.13 bits per heavy atom. The number of aromatic nitrogens is 1. The van der Waals surface area contributed by atoms with E-state index in [1.54, 1.807) is 12.0 Å². The Morgan fingerprint density at radius 3 is 2.70 bits per heavy atom. The van der Waals surface area contributed by atoms with E-state index in [4.69, 9.17) is 4.74 Å². The van der Waals surface area contributed by atoms with Gasteiger partial charge in [0.05, 0.1) is 17.9 Å². The number of ether oxygens (including phenoxy) is 1. The minimum atomic E-state index is -4.54. The Bertz CT molecular complexity index is 1080. The zero-order valence-electron chi connectivity index (χ0n) is 16.5. The molecule has 0 saturated carbocycles. The van der Waals surface area contributed by atoms with Crippen molar-refractivity contribution < 1.29 is 22.7 Å². The minimum absolute atomic E-state index is 0.234. The molecule has 0 spiro atoms. The first-order chi connectivity index (χ1) is 14.4. The van der Waals surface area contributed by atoms with Crippen LogP contribution in [0.15, 0.2) is 48.7 Å². The predicted molar refractivity (Wildman–Crippen MR) is 108 cm³/mol. The lowest BCUT2D eigenvalue weighted by atomic mass is 10.1. The monoisotopic (exact) mass is 417 g/mol. The number of alkyl halides is 3. The molecule has 1 aromatic heterocycles. The second-order valence-electron chi connectivity index (χ2n) is 7.30. The summed E-state index contributed by atoms with van der Waals surface area (Å²) in [6.45, 7) is 2.08. The summed E-state index contributed by atoms with van der Waals surface area (Å²) in [5, 5.41) is 3.56. The van der Waals surface area contributed by atoms with Crippen LogP contribution in [0.3, 0.4) is 0 Å². The molecule has 0 fully saturated rings. The van der Waals surface area contributed by atoms with Gasteiger partial charge in [0.25, 0.3) is 0 Å². The van der Waals surface area contributed by atoms with Crippen molar-refractivity contribution in [3.8, 4) is 0 Å². The second-order valence-corrected chi connectivity index (χ2v) is 7.30. The molecule has 2 amide bonds. The largest absolute Gasteiger partial charge is 0.418 e. The first-order valence-electron chi connectivity index (χ1n) is 9.69. The Labute approximate surface area is 172 Å². The Balaban J connectivity index is 1.59. The first-order valence-corrected chi connectivity index (χ1v) is 9.69. The molecule has 2 heterocycles. The van der Waals surface area contributed by atoms with Crippen molar-refractivity contribution in [2.75, 3.05) is 25.6 Å². The van der Waals surface area contributed by atoms with E-state index in [0.29, 0.717) is 26.1 Å². The molecule has 5 nitrogen and oxygen atoms in total. The Kier molecular flexibility index (Phi) is 5.42. The molecule has 3 aromatic rings. The molecule has 1 aliphatic heterocycles. The standard InChI is InChI=1S/C22H22F3N3O2/c1-30-12-11-27-13-16-9-10-28(14-15-5-4-8-19(27)20(15)16)21(29)26-18-7-3-2-6-17(18)22(23,24)25/h2-8,13H,9-12,14H2,1H3,(H,26,29). The van der Waals surface area contributed by atoms with Crippen molar-refractivity contribution >= 4 is 22.6 Å². The van der Waals surface area contributed by atoms with Crippen LogP contribution in [0.1, 0.15) is 16.7 Å². The van der Waals surface area contributed by atoms with E-state index in [2.05, 4.69) is 16.1 Å². The summed E-state index contributed by atoms with van der Waals surface area (Å²) < 4.78 is 47.1. The summed E-state index contributed by atoms with van der Waals surface area (Å²) in [6, 6.07) is 10.4. The number of rotatable bonds is 4. The van der Waals surface area contributed by atoms with Gasteiger partial charge in [0.1, 0.15) is 0 Å². The fourth-order valence-electron chi connectivity index (χ4n) is 3.96. The number of para-hydroxylation sites is 1. The van der Waals surface area contributed by atoms with Gasteiger partial charge in [-0.1, -0.05) is 24.3 Å². The van der Waals surface area contributed by atoms with Crippen molar-refractivity contribution in [3.05, 3.63) is 65.4 Å². The smallest absolute Gasteiger partial charge is 0.383 e. The molecular formula is C22H22F3N3O2. The number of nitrogens with one attached hydrogen (secondary N) is 1. The van der Waals surface area contributed by atoms with Crippen molar-refractivity contribution in [2.24, 2.45) is 0 Å². The molecule has 4 rings (SSSR count). The van der Waals surface area contributed by atoms with Crippen LogP contribution < -0.4 is 5.32 Å². The van der Waals surface area contributed by atoms with E-state index >= 15 is 0 Å². The Hall–Kier alpha value is -3.00. The van der Waals surface area contributed by atoms with Gasteiger partial charge >= 0.3 is 12.2 Å². The summed E-state index contributed by atoms with van der Waals surface area (Å²) in [6.07, 6.45) is -1.83. The fourth-order valence-corrected chi connectivity index (χ4v) is 3.96. The number of amides is 2. The molecule has 30 heavy (non-hydrogen) atoms. The molecule has 0 atom stereocenters. The number of carbonyl (C=O) groups is 1. The number of urea groups is 1. The number of nitrogens with zero attached hydrogens (tertiary/aromatic N) is 2. The van der Waals surface area contributed by atoms with Crippen LogP contribution in [0.4, 0.5) is 23.7 Å². The van der Waals surface area contributed by atoms with E-state index in [-0.39, 0.29) is 5.69 Å². The highest BCUT2D eigenvalue weighted by atomic mass is 19.4. The number of hydrogen-bond donors (Lipinski definition) is 1. The van der Waals surface area contributed by atoms with Gasteiger partial charge in [0.2, 0.25) is 0 Å². The highest BCUT2D eigenvalue weighted by Gasteiger charge is 2.34. The number of anilines is 1. The van der Waals surface area contributed by atoms with Crippen molar-refractivity contribution in [1.82, 2.24) is 9.47 Å². The molecule has 0 aliphatic carbocycles. The van der Waals surface area contributed by atoms with Gasteiger partial charge in [-0.05, 0) is 35.7 Å². The van der Waals surface area contributed by atoms with Gasteiger partial charge in [-0.3, -0.25) is 0 Å². The number of hydrogen-bond acceptors (Lipinski definition) is 2. The van der Waals surface area contributed by atoms with E-state index in [9.17, 15) is 18.0 Å². The van der Waals surface area contributed by atoms with Crippen molar-refractivity contribution in [1.29, 1.82) is 0 Å². The average Bonchev–Trinajstić information content (AvgIpc) is 2.96. The first kappa shape index (κ1) is 20.3. The van der Waals surface area contributed by atoms with Gasteiger partial charge in [0.15, 0.2) is 0 Å². The number of halogens is 3. The van der Waals surface area contributed by atoms with Crippen LogP contribution in [0.25, 0.3) is 10.9 Å². The second kappa shape index (κ2) is 8.02. The van der Waals surface area contributed by atoms with Crippen LogP contribution in [0, 0.1) is 0 Å². The highest BCUT2D eigenvalue weighted by Crippen LogP contribution is 2.35. The van der Waals surface area contributed by atoms with E-state index in [1.165, 1.54) is 18.2 Å². The molecule has 0 saturated heterocycles. The molecule has 0 unspecified atom stereocenters. The predicted octanol–water partition coefficient (Wildman–Crippen LogP) is 4.90. The van der Waals surface area contributed by atoms with Crippen LogP contribution >= 0.6 is 0 Å². The number of carbonyl (C=O) groups excluding carboxylic acids is 1. The van der Waals surface area contributed by atoms with E-state index in [1.807, 2.05) is 18.2 Å². The quantitative estimate of drug-likeness (QED) is 0.657. The van der Waals surface area contributed by atoms with Gasteiger partial charge < -0.3 is 19.5 Å². The lowest BCUT2D eigenvalue weighted by molar-refractivity contribution is -0.136. The fraction of sp³-hybridized carbons (Fsp3) is 0.318. The lowest BCUT2D eigenvalue weighted by Gasteiger charge is -2.23. The summed E-state index contributed by atoms with van der Waals surface area (Å²) in [4.78, 5) is 14.4. The van der Waals surface area contributed by atoms with Crippen molar-refractivity contribution in [2.45, 2.75) is 25.7 Å². The summed E-state index contributed by atoms with van der Waals surface area (Å²) in [5.74, 6) is 0. The van der Waals surface area contributed by atoms with Gasteiger partial charge in [-0.15, -0.1) is 0 Å². The average molecular weight is 417 g/mol. The molecule has 0 bridgehead atoms. The highest BCUT2D eigenvalue weighted by molar-refractivity contribution is 5.92. The third kappa shape index (κ3) is 3.87. The molecule has 1 aliphatic rings. The molecule has 0 radical (unpaired) electrons. The lowest BCUT2D eigenvalue weighted by Crippen LogP contribution is -2.35. The molecule has 2 aromatic carbocycles. The Morgan fingerprint density at radius 2 is 1.93 bits per heavy atom. The van der Waals surface area contributed by atoms with Crippen LogP contribution in [-0.4, -0.2) is 35.8 Å². The molecule has 158 valence electrons. The summed E-state index contributed by atoms with van der Waals surface area (Å²) in [5.41, 5.74) is 2.09. The number of benzene rings is 2. The molecule has 8 heteroatoms. The zero-order chi connectivity index (χ0) is 21.3. The summed E-state index contributed by atoms with van der Waals surface area (Å²) in [7, 11) is 1.66. The maximum atomic E-state index is 13.2. The normalized spacial score (nSPS) is 14.1. The topological polar surface area (TPSA) is 46.5 Å². The van der Waals surface area contributed by atoms with Crippen LogP contribution in [0.5, 0.6) is 0 Å². The van der Waals surface area contributed by atoms with Crippen molar-refractivity contribution in [3.63, 3.8) is 0 Å². The SMILES string of the molecule is COCCn1cc2c3c(cccc31)CN(C(=O)Nc1ccccc1C(F)(F)F)CC2. The van der Waals surface area contributed by atoms with Gasteiger partial charge in [0, 0.05) is 43.8 Å². The van der Waals surface area contributed by atoms with Gasteiger partial charge in [-0.2, -0.15) is 13.2 Å². The zero-order valence-corrected chi connectivity index (χ0v) is 16.5. The van der Waals surface area contributed by atoms with E-state index in [0.717, 1.165) is 34.6 Å². The maximum absolute atomic E-state index is 13.2. The minimum Gasteiger partial charge on any atom is -0.383 e. The number of methoxy groups -OCH3 is 1. The third-order valence-corrected chi connectivity index (χ3v) is 5.38. The third-order valence-electron chi connectivity index (χ3n) is 5.38. The van der Waals surface area contributed by atoms with Crippen LogP contribution in [0.2, 0.25) is 0 Å². The van der Waals surface area contributed by atoms with Crippen LogP contribution in [-0.2, 0) is 30.4 Å². The van der Waals surface area contributed by atoms with Gasteiger partial charge in [-0.25, -0.2) is 4.79 Å². The molecular weight excluding hydrogens is 395 g/mol. The maximum Gasteiger partial charge on any atom is 0.418 e. The molecule has 1 N–H and O–H groups in total. The van der Waals surface area contributed by atoms with E-state index < -0.39 is 17.8 Å². The summed E-state index contributed by atoms with van der Waals surface area (Å²) >= 11 is 0.